The second-order valence-electron chi connectivity index (χ2n) is 5.50. The molecule has 0 unspecified atom stereocenters. The first-order chi connectivity index (χ1) is 9.24. The molecule has 0 saturated heterocycles. The van der Waals surface area contributed by atoms with Crippen molar-refractivity contribution in [1.82, 2.24) is 20.2 Å². The first-order valence-corrected chi connectivity index (χ1v) is 8.88. The van der Waals surface area contributed by atoms with Crippen molar-refractivity contribution in [3.63, 3.8) is 0 Å². The number of thioether (sulfide) groups is 1. The highest BCUT2D eigenvalue weighted by Gasteiger charge is 2.27. The van der Waals surface area contributed by atoms with Crippen molar-refractivity contribution in [2.45, 2.75) is 63.6 Å². The third kappa shape index (κ3) is 3.45. The summed E-state index contributed by atoms with van der Waals surface area (Å²) in [4.78, 5) is 0. The number of nitrogens with zero attached hydrogens (tertiary/aromatic N) is 4. The lowest BCUT2D eigenvalue weighted by molar-refractivity contribution is 0.356. The molecule has 1 aromatic heterocycles. The standard InChI is InChI=1S/C13H24N4S2/c1-3-13(4-2,9-18)10-19-12-14-15-16-17(12)11-7-5-6-8-11/h11,18H,3-10H2,1-2H3. The van der Waals surface area contributed by atoms with E-state index in [0.717, 1.165) is 29.5 Å². The lowest BCUT2D eigenvalue weighted by Gasteiger charge is -2.29. The summed E-state index contributed by atoms with van der Waals surface area (Å²) >= 11 is 6.33. The highest BCUT2D eigenvalue weighted by Crippen LogP contribution is 2.36. The number of aromatic nitrogens is 4. The van der Waals surface area contributed by atoms with Crippen molar-refractivity contribution >= 4 is 24.4 Å². The van der Waals surface area contributed by atoms with Gasteiger partial charge in [-0.05, 0) is 47.3 Å². The minimum Gasteiger partial charge on any atom is -0.217 e. The number of tetrazole rings is 1. The Balaban J connectivity index is 2.01. The maximum absolute atomic E-state index is 4.53. The molecule has 0 spiro atoms. The molecule has 1 aromatic rings. The Kier molecular flexibility index (Phi) is 5.57. The predicted octanol–water partition coefficient (Wildman–Crippen LogP) is 3.62. The predicted molar refractivity (Wildman–Crippen MR) is 82.9 cm³/mol. The zero-order valence-electron chi connectivity index (χ0n) is 11.9. The number of hydrogen-bond acceptors (Lipinski definition) is 5. The van der Waals surface area contributed by atoms with Gasteiger partial charge in [-0.2, -0.15) is 12.6 Å². The first-order valence-electron chi connectivity index (χ1n) is 7.26. The Morgan fingerprint density at radius 1 is 1.32 bits per heavy atom. The largest absolute Gasteiger partial charge is 0.217 e. The number of hydrogen-bond donors (Lipinski definition) is 1. The van der Waals surface area contributed by atoms with Crippen molar-refractivity contribution < 1.29 is 0 Å². The van der Waals surface area contributed by atoms with Crippen LogP contribution in [0, 0.1) is 5.41 Å². The molecule has 1 saturated carbocycles. The lowest BCUT2D eigenvalue weighted by atomic mass is 9.87. The molecule has 1 fully saturated rings. The molecule has 0 amide bonds. The van der Waals surface area contributed by atoms with Crippen molar-refractivity contribution in [2.24, 2.45) is 5.41 Å². The molecule has 6 heteroatoms. The van der Waals surface area contributed by atoms with E-state index in [0.29, 0.717) is 11.5 Å². The normalized spacial score (nSPS) is 17.2. The SMILES string of the molecule is CCC(CC)(CS)CSc1nnnn1C1CCCC1. The van der Waals surface area contributed by atoms with Gasteiger partial charge in [-0.3, -0.25) is 0 Å². The molecule has 0 N–H and O–H groups in total. The number of thiol groups is 1. The zero-order valence-corrected chi connectivity index (χ0v) is 13.6. The Bertz CT molecular complexity index is 375. The van der Waals surface area contributed by atoms with Gasteiger partial charge < -0.3 is 0 Å². The molecule has 4 nitrogen and oxygen atoms in total. The van der Waals surface area contributed by atoms with Crippen LogP contribution in [0.3, 0.4) is 0 Å². The molecular formula is C13H24N4S2. The van der Waals surface area contributed by atoms with E-state index >= 15 is 0 Å². The quantitative estimate of drug-likeness (QED) is 0.617. The molecule has 0 aromatic carbocycles. The summed E-state index contributed by atoms with van der Waals surface area (Å²) in [5, 5.41) is 13.3. The fourth-order valence-electron chi connectivity index (χ4n) is 2.60. The molecule has 1 heterocycles. The molecule has 0 aliphatic heterocycles. The molecule has 108 valence electrons. The van der Waals surface area contributed by atoms with Crippen LogP contribution in [0.25, 0.3) is 0 Å². The van der Waals surface area contributed by atoms with Gasteiger partial charge in [-0.25, -0.2) is 4.68 Å². The maximum Gasteiger partial charge on any atom is 0.209 e. The van der Waals surface area contributed by atoms with Crippen LogP contribution in [-0.4, -0.2) is 31.7 Å². The van der Waals surface area contributed by atoms with Gasteiger partial charge in [0.25, 0.3) is 0 Å². The summed E-state index contributed by atoms with van der Waals surface area (Å²) in [7, 11) is 0. The topological polar surface area (TPSA) is 43.6 Å². The average molecular weight is 300 g/mol. The minimum atomic E-state index is 0.306. The van der Waals surface area contributed by atoms with Crippen LogP contribution >= 0.6 is 24.4 Å². The Hall–Kier alpha value is -0.230. The molecule has 2 rings (SSSR count). The highest BCUT2D eigenvalue weighted by atomic mass is 32.2. The Morgan fingerprint density at radius 3 is 2.58 bits per heavy atom. The molecule has 1 aliphatic carbocycles. The van der Waals surface area contributed by atoms with Gasteiger partial charge in [-0.15, -0.1) is 5.10 Å². The summed E-state index contributed by atoms with van der Waals surface area (Å²) in [5.41, 5.74) is 0.306. The van der Waals surface area contributed by atoms with E-state index in [1.165, 1.54) is 25.7 Å². The summed E-state index contributed by atoms with van der Waals surface area (Å²) in [6.45, 7) is 4.50. The third-order valence-corrected chi connectivity index (χ3v) is 6.43. The van der Waals surface area contributed by atoms with Crippen molar-refractivity contribution in [3.05, 3.63) is 0 Å². The molecule has 0 bridgehead atoms. The van der Waals surface area contributed by atoms with E-state index in [1.54, 1.807) is 11.8 Å². The molecule has 0 radical (unpaired) electrons. The first kappa shape index (κ1) is 15.2. The number of rotatable bonds is 7. The van der Waals surface area contributed by atoms with Crippen molar-refractivity contribution in [1.29, 1.82) is 0 Å². The van der Waals surface area contributed by atoms with Crippen LogP contribution in [0.15, 0.2) is 5.16 Å². The molecule has 0 atom stereocenters. The van der Waals surface area contributed by atoms with Gasteiger partial charge in [0.15, 0.2) is 0 Å². The van der Waals surface area contributed by atoms with Crippen molar-refractivity contribution in [3.8, 4) is 0 Å². The van der Waals surface area contributed by atoms with E-state index in [-0.39, 0.29) is 0 Å². The van der Waals surface area contributed by atoms with Gasteiger partial charge in [0.05, 0.1) is 6.04 Å². The van der Waals surface area contributed by atoms with Crippen LogP contribution in [0.2, 0.25) is 0 Å². The highest BCUT2D eigenvalue weighted by molar-refractivity contribution is 7.99. The van der Waals surface area contributed by atoms with Gasteiger partial charge in [0.2, 0.25) is 5.16 Å². The van der Waals surface area contributed by atoms with Gasteiger partial charge in [0.1, 0.15) is 0 Å². The zero-order chi connectivity index (χ0) is 13.7. The summed E-state index contributed by atoms with van der Waals surface area (Å²) in [6.07, 6.45) is 7.37. The minimum absolute atomic E-state index is 0.306. The van der Waals surface area contributed by atoms with Gasteiger partial charge in [-0.1, -0.05) is 38.5 Å². The Morgan fingerprint density at radius 2 is 2.00 bits per heavy atom. The monoisotopic (exact) mass is 300 g/mol. The smallest absolute Gasteiger partial charge is 0.209 e. The summed E-state index contributed by atoms with van der Waals surface area (Å²) in [5.74, 6) is 1.98. The van der Waals surface area contributed by atoms with E-state index in [9.17, 15) is 0 Å². The fraction of sp³-hybridized carbons (Fsp3) is 0.923. The van der Waals surface area contributed by atoms with Crippen LogP contribution in [0.5, 0.6) is 0 Å². The fourth-order valence-corrected chi connectivity index (χ4v) is 4.67. The summed E-state index contributed by atoms with van der Waals surface area (Å²) in [6, 6.07) is 0.520. The molecular weight excluding hydrogens is 276 g/mol. The van der Waals surface area contributed by atoms with Crippen LogP contribution < -0.4 is 0 Å². The average Bonchev–Trinajstić information content (AvgIpc) is 3.11. The van der Waals surface area contributed by atoms with Crippen LogP contribution in [-0.2, 0) is 0 Å². The maximum atomic E-state index is 4.53. The summed E-state index contributed by atoms with van der Waals surface area (Å²) < 4.78 is 2.05. The van der Waals surface area contributed by atoms with E-state index in [1.807, 2.05) is 4.68 Å². The van der Waals surface area contributed by atoms with E-state index < -0.39 is 0 Å². The van der Waals surface area contributed by atoms with Crippen LogP contribution in [0.4, 0.5) is 0 Å². The molecule has 19 heavy (non-hydrogen) atoms. The Labute approximate surface area is 125 Å². The van der Waals surface area contributed by atoms with Gasteiger partial charge in [0, 0.05) is 5.75 Å². The van der Waals surface area contributed by atoms with E-state index in [4.69, 9.17) is 0 Å². The van der Waals surface area contributed by atoms with E-state index in [2.05, 4.69) is 42.0 Å². The second-order valence-corrected chi connectivity index (χ2v) is 6.76. The van der Waals surface area contributed by atoms with Gasteiger partial charge >= 0.3 is 0 Å². The second kappa shape index (κ2) is 6.97. The van der Waals surface area contributed by atoms with Crippen LogP contribution in [0.1, 0.15) is 58.4 Å². The third-order valence-electron chi connectivity index (χ3n) is 4.48. The van der Waals surface area contributed by atoms with Crippen molar-refractivity contribution in [2.75, 3.05) is 11.5 Å². The molecule has 1 aliphatic rings. The lowest BCUT2D eigenvalue weighted by Crippen LogP contribution is -2.24.